The summed E-state index contributed by atoms with van der Waals surface area (Å²) in [5.41, 5.74) is 0.0549. The highest BCUT2D eigenvalue weighted by Gasteiger charge is 2.56. The zero-order valence-corrected chi connectivity index (χ0v) is 14.8. The second-order valence-corrected chi connectivity index (χ2v) is 9.08. The molecule has 1 unspecified atom stereocenters. The molecule has 1 saturated heterocycles. The van der Waals surface area contributed by atoms with E-state index in [1.807, 2.05) is 13.8 Å². The Bertz CT molecular complexity index is 723. The third-order valence-electron chi connectivity index (χ3n) is 5.20. The summed E-state index contributed by atoms with van der Waals surface area (Å²) in [4.78, 5) is 11.9. The van der Waals surface area contributed by atoms with Crippen LogP contribution in [0.1, 0.15) is 33.1 Å². The Morgan fingerprint density at radius 2 is 1.83 bits per heavy atom. The lowest BCUT2D eigenvalue weighted by Crippen LogP contribution is -2.42. The minimum absolute atomic E-state index is 0.0402. The van der Waals surface area contributed by atoms with E-state index < -0.39 is 15.8 Å². The molecule has 24 heavy (non-hydrogen) atoms. The minimum Gasteiger partial charge on any atom is -0.353 e. The van der Waals surface area contributed by atoms with Gasteiger partial charge in [-0.05, 0) is 48.9 Å². The highest BCUT2D eigenvalue weighted by Crippen LogP contribution is 2.54. The zero-order chi connectivity index (χ0) is 17.5. The number of hydrogen-bond donors (Lipinski definition) is 1. The highest BCUT2D eigenvalue weighted by molar-refractivity contribution is 7.89. The number of piperidine rings is 1. The largest absolute Gasteiger partial charge is 0.353 e. The van der Waals surface area contributed by atoms with Gasteiger partial charge in [-0.3, -0.25) is 4.79 Å². The molecule has 0 aromatic heterocycles. The first-order valence-electron chi connectivity index (χ1n) is 8.31. The standard InChI is InChI=1S/C17H23FN2O3S/c1-12(2)16(21)19-15-11-17(15)7-9-20(10-8-17)24(22,23)14-5-3-13(18)4-6-14/h3-6,12,15H,7-11H2,1-2H3,(H,19,21). The van der Waals surface area contributed by atoms with Crippen LogP contribution in [0.15, 0.2) is 29.2 Å². The number of benzene rings is 1. The second-order valence-electron chi connectivity index (χ2n) is 7.14. The lowest BCUT2D eigenvalue weighted by Gasteiger charge is -2.32. The van der Waals surface area contributed by atoms with Gasteiger partial charge in [-0.15, -0.1) is 0 Å². The molecule has 1 saturated carbocycles. The van der Waals surface area contributed by atoms with Gasteiger partial charge >= 0.3 is 0 Å². The molecular weight excluding hydrogens is 331 g/mol. The highest BCUT2D eigenvalue weighted by atomic mass is 32.2. The molecule has 1 atom stereocenters. The summed E-state index contributed by atoms with van der Waals surface area (Å²) < 4.78 is 39.7. The number of hydrogen-bond acceptors (Lipinski definition) is 3. The van der Waals surface area contributed by atoms with Crippen molar-refractivity contribution in [2.45, 2.75) is 44.0 Å². The van der Waals surface area contributed by atoms with Crippen LogP contribution >= 0.6 is 0 Å². The van der Waals surface area contributed by atoms with Crippen molar-refractivity contribution >= 4 is 15.9 Å². The average molecular weight is 354 g/mol. The molecule has 3 rings (SSSR count). The Hall–Kier alpha value is -1.47. The summed E-state index contributed by atoms with van der Waals surface area (Å²) in [6, 6.07) is 5.10. The number of sulfonamides is 1. The summed E-state index contributed by atoms with van der Waals surface area (Å²) in [6.07, 6.45) is 2.42. The molecule has 1 aromatic carbocycles. The molecule has 1 aliphatic heterocycles. The Morgan fingerprint density at radius 3 is 2.38 bits per heavy atom. The molecule has 7 heteroatoms. The molecule has 1 amide bonds. The summed E-state index contributed by atoms with van der Waals surface area (Å²) in [5, 5.41) is 3.06. The third-order valence-corrected chi connectivity index (χ3v) is 7.11. The van der Waals surface area contributed by atoms with Crippen LogP contribution in [0.25, 0.3) is 0 Å². The number of rotatable bonds is 4. The first-order chi connectivity index (χ1) is 11.2. The van der Waals surface area contributed by atoms with Crippen LogP contribution in [-0.2, 0) is 14.8 Å². The second kappa shape index (κ2) is 6.11. The van der Waals surface area contributed by atoms with Crippen molar-refractivity contribution in [1.82, 2.24) is 9.62 Å². The number of amides is 1. The molecule has 1 N–H and O–H groups in total. The number of nitrogens with one attached hydrogen (secondary N) is 1. The third kappa shape index (κ3) is 3.19. The lowest BCUT2D eigenvalue weighted by atomic mass is 9.94. The Kier molecular flexibility index (Phi) is 4.42. The van der Waals surface area contributed by atoms with Gasteiger partial charge in [-0.2, -0.15) is 4.31 Å². The molecule has 132 valence electrons. The van der Waals surface area contributed by atoms with Crippen molar-refractivity contribution < 1.29 is 17.6 Å². The van der Waals surface area contributed by atoms with Crippen molar-refractivity contribution in [3.63, 3.8) is 0 Å². The Morgan fingerprint density at radius 1 is 1.25 bits per heavy atom. The van der Waals surface area contributed by atoms with E-state index in [1.165, 1.54) is 16.4 Å². The van der Waals surface area contributed by atoms with Crippen LogP contribution in [0.5, 0.6) is 0 Å². The molecule has 1 aliphatic carbocycles. The van der Waals surface area contributed by atoms with Crippen molar-refractivity contribution in [3.05, 3.63) is 30.1 Å². The first-order valence-corrected chi connectivity index (χ1v) is 9.75. The Labute approximate surface area is 142 Å². The van der Waals surface area contributed by atoms with Crippen LogP contribution < -0.4 is 5.32 Å². The van der Waals surface area contributed by atoms with Gasteiger partial charge < -0.3 is 5.32 Å². The molecular formula is C17H23FN2O3S. The molecule has 5 nitrogen and oxygen atoms in total. The van der Waals surface area contributed by atoms with Crippen molar-refractivity contribution in [1.29, 1.82) is 0 Å². The molecule has 0 bridgehead atoms. The molecule has 1 spiro atoms. The molecule has 1 heterocycles. The summed E-state index contributed by atoms with van der Waals surface area (Å²) in [5.74, 6) is -0.437. The number of halogens is 1. The molecule has 0 radical (unpaired) electrons. The van der Waals surface area contributed by atoms with Crippen molar-refractivity contribution in [3.8, 4) is 0 Å². The number of carbonyl (C=O) groups excluding carboxylic acids is 1. The van der Waals surface area contributed by atoms with E-state index in [4.69, 9.17) is 0 Å². The van der Waals surface area contributed by atoms with E-state index in [1.54, 1.807) is 0 Å². The summed E-state index contributed by atoms with van der Waals surface area (Å²) in [7, 11) is -3.58. The maximum atomic E-state index is 13.0. The normalized spacial score (nSPS) is 23.4. The van der Waals surface area contributed by atoms with E-state index >= 15 is 0 Å². The van der Waals surface area contributed by atoms with Gasteiger partial charge in [0.25, 0.3) is 0 Å². The van der Waals surface area contributed by atoms with E-state index in [2.05, 4.69) is 5.32 Å². The predicted molar refractivity (Wildman–Crippen MR) is 88.2 cm³/mol. The molecule has 2 fully saturated rings. The summed E-state index contributed by atoms with van der Waals surface area (Å²) in [6.45, 7) is 4.60. The van der Waals surface area contributed by atoms with Crippen LogP contribution in [0, 0.1) is 17.2 Å². The van der Waals surface area contributed by atoms with Gasteiger partial charge in [0, 0.05) is 25.0 Å². The lowest BCUT2D eigenvalue weighted by molar-refractivity contribution is -0.124. The van der Waals surface area contributed by atoms with Gasteiger partial charge in [0.05, 0.1) is 4.90 Å². The SMILES string of the molecule is CC(C)C(=O)NC1CC12CCN(S(=O)(=O)c1ccc(F)cc1)CC2. The fourth-order valence-corrected chi connectivity index (χ4v) is 4.81. The Balaban J connectivity index is 1.62. The first kappa shape index (κ1) is 17.4. The van der Waals surface area contributed by atoms with Crippen LogP contribution in [0.3, 0.4) is 0 Å². The van der Waals surface area contributed by atoms with E-state index in [9.17, 15) is 17.6 Å². The van der Waals surface area contributed by atoms with Crippen molar-refractivity contribution in [2.75, 3.05) is 13.1 Å². The smallest absolute Gasteiger partial charge is 0.243 e. The molecule has 2 aliphatic rings. The van der Waals surface area contributed by atoms with Gasteiger partial charge in [0.15, 0.2) is 0 Å². The topological polar surface area (TPSA) is 66.5 Å². The van der Waals surface area contributed by atoms with E-state index in [0.717, 1.165) is 31.4 Å². The van der Waals surface area contributed by atoms with Gasteiger partial charge in [0.2, 0.25) is 15.9 Å². The van der Waals surface area contributed by atoms with E-state index in [0.29, 0.717) is 13.1 Å². The van der Waals surface area contributed by atoms with Crippen LogP contribution in [0.2, 0.25) is 0 Å². The van der Waals surface area contributed by atoms with Crippen LogP contribution in [0.4, 0.5) is 4.39 Å². The fraction of sp³-hybridized carbons (Fsp3) is 0.588. The average Bonchev–Trinajstić information content (AvgIpc) is 3.19. The maximum Gasteiger partial charge on any atom is 0.243 e. The number of carbonyl (C=O) groups is 1. The van der Waals surface area contributed by atoms with Crippen LogP contribution in [-0.4, -0.2) is 37.8 Å². The van der Waals surface area contributed by atoms with Gasteiger partial charge in [-0.25, -0.2) is 12.8 Å². The zero-order valence-electron chi connectivity index (χ0n) is 14.0. The van der Waals surface area contributed by atoms with E-state index in [-0.39, 0.29) is 28.2 Å². The monoisotopic (exact) mass is 354 g/mol. The van der Waals surface area contributed by atoms with Gasteiger partial charge in [-0.1, -0.05) is 13.8 Å². The molecule has 1 aromatic rings. The maximum absolute atomic E-state index is 13.0. The fourth-order valence-electron chi connectivity index (χ4n) is 3.37. The quantitative estimate of drug-likeness (QED) is 0.901. The predicted octanol–water partition coefficient (Wildman–Crippen LogP) is 2.14. The minimum atomic E-state index is -3.58. The number of nitrogens with zero attached hydrogens (tertiary/aromatic N) is 1. The van der Waals surface area contributed by atoms with Gasteiger partial charge in [0.1, 0.15) is 5.82 Å². The van der Waals surface area contributed by atoms with Crippen molar-refractivity contribution in [2.24, 2.45) is 11.3 Å². The summed E-state index contributed by atoms with van der Waals surface area (Å²) >= 11 is 0.